The summed E-state index contributed by atoms with van der Waals surface area (Å²) in [7, 11) is 0. The van der Waals surface area contributed by atoms with Crippen molar-refractivity contribution < 1.29 is 0 Å². The van der Waals surface area contributed by atoms with E-state index < -0.39 is 0 Å². The molecule has 2 nitrogen and oxygen atoms in total. The van der Waals surface area contributed by atoms with Crippen LogP contribution in [0.3, 0.4) is 0 Å². The maximum absolute atomic E-state index is 2.71. The van der Waals surface area contributed by atoms with Gasteiger partial charge in [0.25, 0.3) is 0 Å². The molecule has 1 heterocycles. The van der Waals surface area contributed by atoms with Crippen molar-refractivity contribution in [1.29, 1.82) is 0 Å². The van der Waals surface area contributed by atoms with E-state index in [4.69, 9.17) is 0 Å². The summed E-state index contributed by atoms with van der Waals surface area (Å²) >= 11 is 0. The van der Waals surface area contributed by atoms with Gasteiger partial charge in [-0.15, -0.1) is 0 Å². The second kappa shape index (κ2) is 31.8. The SMILES string of the molecule is CCCCCCCCCCCCCCCCCCN1C=CN(CCCCCCCCCC)C1CCCCCCCCC. The third kappa shape index (κ3) is 23.8. The lowest BCUT2D eigenvalue weighted by Gasteiger charge is -2.33. The van der Waals surface area contributed by atoms with Crippen molar-refractivity contribution in [3.63, 3.8) is 0 Å². The first-order valence-electron chi connectivity index (χ1n) is 20.0. The van der Waals surface area contributed by atoms with Crippen LogP contribution in [0.15, 0.2) is 12.4 Å². The molecular weight excluding hydrogens is 508 g/mol. The summed E-state index contributed by atoms with van der Waals surface area (Å²) in [5.74, 6) is 0. The average molecular weight is 589 g/mol. The van der Waals surface area contributed by atoms with Gasteiger partial charge in [-0.1, -0.05) is 201 Å². The van der Waals surface area contributed by atoms with Crippen LogP contribution in [0.4, 0.5) is 0 Å². The molecule has 1 atom stereocenters. The van der Waals surface area contributed by atoms with Crippen LogP contribution < -0.4 is 0 Å². The zero-order chi connectivity index (χ0) is 30.2. The van der Waals surface area contributed by atoms with Crippen LogP contribution in [0.5, 0.6) is 0 Å². The number of hydrogen-bond donors (Lipinski definition) is 0. The monoisotopic (exact) mass is 589 g/mol. The van der Waals surface area contributed by atoms with E-state index in [9.17, 15) is 0 Å². The fraction of sp³-hybridized carbons (Fsp3) is 0.950. The van der Waals surface area contributed by atoms with Crippen LogP contribution in [-0.2, 0) is 0 Å². The van der Waals surface area contributed by atoms with Crippen molar-refractivity contribution in [1.82, 2.24) is 9.80 Å². The van der Waals surface area contributed by atoms with E-state index in [1.807, 2.05) is 0 Å². The van der Waals surface area contributed by atoms with Crippen molar-refractivity contribution >= 4 is 0 Å². The number of rotatable bonds is 34. The highest BCUT2D eigenvalue weighted by Gasteiger charge is 2.24. The summed E-state index contributed by atoms with van der Waals surface area (Å²) in [5.41, 5.74) is 0. The van der Waals surface area contributed by atoms with E-state index in [1.165, 1.54) is 219 Å². The van der Waals surface area contributed by atoms with E-state index in [0.717, 1.165) is 0 Å². The molecular formula is C40H80N2. The van der Waals surface area contributed by atoms with E-state index >= 15 is 0 Å². The van der Waals surface area contributed by atoms with Gasteiger partial charge in [0.1, 0.15) is 6.17 Å². The third-order valence-electron chi connectivity index (χ3n) is 9.82. The van der Waals surface area contributed by atoms with Gasteiger partial charge in [-0.25, -0.2) is 0 Å². The molecule has 0 aliphatic carbocycles. The molecule has 1 unspecified atom stereocenters. The maximum atomic E-state index is 2.71. The summed E-state index contributed by atoms with van der Waals surface area (Å²) in [4.78, 5) is 5.42. The quantitative estimate of drug-likeness (QED) is 0.0690. The number of nitrogens with zero attached hydrogens (tertiary/aromatic N) is 2. The molecule has 0 saturated heterocycles. The van der Waals surface area contributed by atoms with Crippen molar-refractivity contribution in [3.05, 3.63) is 12.4 Å². The van der Waals surface area contributed by atoms with Crippen LogP contribution in [0.2, 0.25) is 0 Å². The molecule has 1 rings (SSSR count). The molecule has 0 radical (unpaired) electrons. The summed E-state index contributed by atoms with van der Waals surface area (Å²) < 4.78 is 0. The zero-order valence-electron chi connectivity index (χ0n) is 29.7. The van der Waals surface area contributed by atoms with Crippen molar-refractivity contribution in [2.24, 2.45) is 0 Å². The van der Waals surface area contributed by atoms with Gasteiger partial charge in [-0.05, 0) is 25.7 Å². The van der Waals surface area contributed by atoms with Gasteiger partial charge in [0.2, 0.25) is 0 Å². The Hall–Kier alpha value is -0.660. The van der Waals surface area contributed by atoms with Gasteiger partial charge in [0.05, 0.1) is 0 Å². The average Bonchev–Trinajstić information content (AvgIpc) is 3.38. The molecule has 0 saturated carbocycles. The van der Waals surface area contributed by atoms with E-state index in [2.05, 4.69) is 43.0 Å². The highest BCUT2D eigenvalue weighted by Crippen LogP contribution is 2.24. The smallest absolute Gasteiger partial charge is 0.101 e. The van der Waals surface area contributed by atoms with Crippen LogP contribution in [0.25, 0.3) is 0 Å². The van der Waals surface area contributed by atoms with Crippen LogP contribution in [0.1, 0.15) is 226 Å². The van der Waals surface area contributed by atoms with Gasteiger partial charge in [0.15, 0.2) is 0 Å². The van der Waals surface area contributed by atoms with Crippen molar-refractivity contribution in [2.45, 2.75) is 232 Å². The van der Waals surface area contributed by atoms with Gasteiger partial charge in [0, 0.05) is 25.5 Å². The molecule has 2 heteroatoms. The van der Waals surface area contributed by atoms with Gasteiger partial charge in [-0.3, -0.25) is 0 Å². The van der Waals surface area contributed by atoms with Crippen molar-refractivity contribution in [3.8, 4) is 0 Å². The molecule has 1 aliphatic rings. The molecule has 0 fully saturated rings. The van der Waals surface area contributed by atoms with E-state index in [1.54, 1.807) is 0 Å². The predicted octanol–water partition coefficient (Wildman–Crippen LogP) is 13.9. The fourth-order valence-electron chi connectivity index (χ4n) is 6.89. The second-order valence-electron chi connectivity index (χ2n) is 13.9. The third-order valence-corrected chi connectivity index (χ3v) is 9.82. The standard InChI is InChI=1S/C40H80N2/c1-4-7-10-13-16-18-19-20-21-22-23-24-25-28-31-34-37-42-39-38-41(36-33-30-27-17-14-11-8-5-2)40(42)35-32-29-26-15-12-9-6-3/h38-40H,4-37H2,1-3H3. The fourth-order valence-corrected chi connectivity index (χ4v) is 6.89. The van der Waals surface area contributed by atoms with Crippen LogP contribution in [-0.4, -0.2) is 29.1 Å². The van der Waals surface area contributed by atoms with Gasteiger partial charge in [-0.2, -0.15) is 0 Å². The first kappa shape index (κ1) is 39.4. The minimum Gasteiger partial charge on any atom is -0.356 e. The van der Waals surface area contributed by atoms with Gasteiger partial charge >= 0.3 is 0 Å². The zero-order valence-corrected chi connectivity index (χ0v) is 29.7. The van der Waals surface area contributed by atoms with Crippen LogP contribution in [0, 0.1) is 0 Å². The highest BCUT2D eigenvalue weighted by molar-refractivity contribution is 4.97. The number of unbranched alkanes of at least 4 members (excludes halogenated alkanes) is 28. The van der Waals surface area contributed by atoms with E-state index in [0.29, 0.717) is 6.17 Å². The normalized spacial score (nSPS) is 15.0. The molecule has 0 aromatic heterocycles. The molecule has 1 aliphatic heterocycles. The summed E-state index contributed by atoms with van der Waals surface area (Å²) in [6.45, 7) is 9.48. The minimum atomic E-state index is 0.640. The Labute approximate surface area is 267 Å². The Balaban J connectivity index is 2.14. The maximum Gasteiger partial charge on any atom is 0.101 e. The Bertz CT molecular complexity index is 544. The molecule has 0 N–H and O–H groups in total. The lowest BCUT2D eigenvalue weighted by Crippen LogP contribution is -2.39. The first-order chi connectivity index (χ1) is 20.8. The first-order valence-corrected chi connectivity index (χ1v) is 20.0. The summed E-state index contributed by atoms with van der Waals surface area (Å²) in [5, 5.41) is 0. The molecule has 250 valence electrons. The van der Waals surface area contributed by atoms with E-state index in [-0.39, 0.29) is 0 Å². The topological polar surface area (TPSA) is 6.48 Å². The molecule has 0 aromatic carbocycles. The Morgan fingerprint density at radius 3 is 0.833 bits per heavy atom. The minimum absolute atomic E-state index is 0.640. The predicted molar refractivity (Wildman–Crippen MR) is 191 cm³/mol. The highest BCUT2D eigenvalue weighted by atomic mass is 15.4. The van der Waals surface area contributed by atoms with Crippen molar-refractivity contribution in [2.75, 3.05) is 13.1 Å². The lowest BCUT2D eigenvalue weighted by molar-refractivity contribution is 0.135. The number of hydrogen-bond acceptors (Lipinski definition) is 2. The molecule has 42 heavy (non-hydrogen) atoms. The Morgan fingerprint density at radius 1 is 0.310 bits per heavy atom. The Morgan fingerprint density at radius 2 is 0.548 bits per heavy atom. The molecule has 0 aromatic rings. The van der Waals surface area contributed by atoms with Gasteiger partial charge < -0.3 is 9.80 Å². The van der Waals surface area contributed by atoms with Crippen LogP contribution >= 0.6 is 0 Å². The molecule has 0 spiro atoms. The second-order valence-corrected chi connectivity index (χ2v) is 13.9. The molecule has 0 amide bonds. The Kier molecular flexibility index (Phi) is 29.8. The summed E-state index contributed by atoms with van der Waals surface area (Å²) in [6.07, 6.45) is 51.4. The summed E-state index contributed by atoms with van der Waals surface area (Å²) in [6, 6.07) is 0. The largest absolute Gasteiger partial charge is 0.356 e. The lowest BCUT2D eigenvalue weighted by atomic mass is 10.0. The molecule has 0 bridgehead atoms.